The number of nitrogens with zero attached hydrogens (tertiary/aromatic N) is 4. The van der Waals surface area contributed by atoms with Crippen molar-refractivity contribution >= 4 is 28.5 Å². The summed E-state index contributed by atoms with van der Waals surface area (Å²) in [6.45, 7) is 1.31. The molecule has 0 amide bonds. The fourth-order valence-electron chi connectivity index (χ4n) is 4.14. The molecule has 0 spiro atoms. The molecule has 0 saturated heterocycles. The summed E-state index contributed by atoms with van der Waals surface area (Å²) in [6, 6.07) is 13.0. The fraction of sp³-hybridized carbons (Fsp3) is 0.227. The molecule has 5 rings (SSSR count). The van der Waals surface area contributed by atoms with E-state index in [1.165, 1.54) is 17.7 Å². The van der Waals surface area contributed by atoms with E-state index in [-0.39, 0.29) is 17.8 Å². The average molecular weight is 419 g/mol. The molecule has 1 atom stereocenters. The number of nitrogen functional groups attached to an aromatic ring is 1. The molecular formula is C22H22FN7O. The minimum atomic E-state index is -0.315. The van der Waals surface area contributed by atoms with Crippen molar-refractivity contribution in [1.29, 1.82) is 0 Å². The Kier molecular flexibility index (Phi) is 4.78. The Hall–Kier alpha value is -3.88. The third kappa shape index (κ3) is 3.70. The van der Waals surface area contributed by atoms with Crippen molar-refractivity contribution in [3.05, 3.63) is 65.6 Å². The van der Waals surface area contributed by atoms with Crippen LogP contribution in [0.25, 0.3) is 11.0 Å². The third-order valence-corrected chi connectivity index (χ3v) is 5.52. The van der Waals surface area contributed by atoms with E-state index in [1.54, 1.807) is 19.4 Å². The van der Waals surface area contributed by atoms with E-state index in [2.05, 4.69) is 42.5 Å². The van der Waals surface area contributed by atoms with Crippen LogP contribution in [0.1, 0.15) is 11.1 Å². The molecule has 1 unspecified atom stereocenters. The topological polar surface area (TPSA) is 105 Å². The number of para-hydroxylation sites is 1. The van der Waals surface area contributed by atoms with Gasteiger partial charge in [0.05, 0.1) is 18.7 Å². The van der Waals surface area contributed by atoms with E-state index in [1.807, 2.05) is 12.1 Å². The second-order valence-corrected chi connectivity index (χ2v) is 7.57. The van der Waals surface area contributed by atoms with Crippen LogP contribution >= 0.6 is 0 Å². The third-order valence-electron chi connectivity index (χ3n) is 5.52. The number of halogens is 1. The zero-order valence-corrected chi connectivity index (χ0v) is 17.0. The molecule has 0 radical (unpaired) electrons. The lowest BCUT2D eigenvalue weighted by atomic mass is 9.97. The summed E-state index contributed by atoms with van der Waals surface area (Å²) >= 11 is 0. The van der Waals surface area contributed by atoms with Crippen molar-refractivity contribution < 1.29 is 9.13 Å². The van der Waals surface area contributed by atoms with Gasteiger partial charge in [-0.2, -0.15) is 15.1 Å². The highest BCUT2D eigenvalue weighted by Crippen LogP contribution is 2.32. The maximum atomic E-state index is 13.7. The molecule has 2 aromatic carbocycles. The Morgan fingerprint density at radius 3 is 3.00 bits per heavy atom. The van der Waals surface area contributed by atoms with E-state index in [0.29, 0.717) is 23.8 Å². The van der Waals surface area contributed by atoms with E-state index in [4.69, 9.17) is 10.5 Å². The van der Waals surface area contributed by atoms with Crippen molar-refractivity contribution in [1.82, 2.24) is 20.2 Å². The summed E-state index contributed by atoms with van der Waals surface area (Å²) in [5, 5.41) is 11.2. The molecule has 8 nitrogen and oxygen atoms in total. The second kappa shape index (κ2) is 7.75. The first-order valence-corrected chi connectivity index (χ1v) is 9.99. The van der Waals surface area contributed by atoms with Crippen LogP contribution in [0.3, 0.4) is 0 Å². The highest BCUT2D eigenvalue weighted by Gasteiger charge is 2.26. The zero-order chi connectivity index (χ0) is 21.4. The van der Waals surface area contributed by atoms with E-state index in [9.17, 15) is 4.39 Å². The first-order valence-electron chi connectivity index (χ1n) is 9.99. The molecule has 158 valence electrons. The molecule has 1 aliphatic heterocycles. The summed E-state index contributed by atoms with van der Waals surface area (Å²) in [7, 11) is 1.56. The number of aromatic amines is 1. The number of anilines is 3. The van der Waals surface area contributed by atoms with Gasteiger partial charge < -0.3 is 20.7 Å². The number of nitrogens with one attached hydrogen (secondary N) is 2. The number of methoxy groups -OCH3 is 1. The van der Waals surface area contributed by atoms with Crippen molar-refractivity contribution in [2.45, 2.75) is 19.0 Å². The second-order valence-electron chi connectivity index (χ2n) is 7.57. The Labute approximate surface area is 178 Å². The molecule has 1 aliphatic rings. The lowest BCUT2D eigenvalue weighted by molar-refractivity contribution is 0.405. The minimum Gasteiger partial charge on any atom is -0.496 e. The van der Waals surface area contributed by atoms with Crippen molar-refractivity contribution in [3.63, 3.8) is 0 Å². The van der Waals surface area contributed by atoms with Crippen LogP contribution in [0.5, 0.6) is 5.75 Å². The van der Waals surface area contributed by atoms with Gasteiger partial charge in [-0.3, -0.25) is 5.10 Å². The van der Waals surface area contributed by atoms with E-state index < -0.39 is 0 Å². The molecule has 9 heteroatoms. The Balaban J connectivity index is 1.46. The molecule has 4 N–H and O–H groups in total. The van der Waals surface area contributed by atoms with Gasteiger partial charge in [0.1, 0.15) is 17.4 Å². The maximum Gasteiger partial charge on any atom is 0.224 e. The number of rotatable bonds is 5. The highest BCUT2D eigenvalue weighted by molar-refractivity contribution is 5.87. The van der Waals surface area contributed by atoms with Gasteiger partial charge in [0, 0.05) is 36.4 Å². The predicted molar refractivity (Wildman–Crippen MR) is 118 cm³/mol. The largest absolute Gasteiger partial charge is 0.496 e. The fourth-order valence-corrected chi connectivity index (χ4v) is 4.14. The minimum absolute atomic E-state index is 0.0775. The highest BCUT2D eigenvalue weighted by atomic mass is 19.1. The number of aromatic nitrogens is 4. The van der Waals surface area contributed by atoms with Crippen LogP contribution in [0.2, 0.25) is 0 Å². The monoisotopic (exact) mass is 419 g/mol. The number of hydrogen-bond acceptors (Lipinski definition) is 7. The summed E-state index contributed by atoms with van der Waals surface area (Å²) in [4.78, 5) is 10.8. The van der Waals surface area contributed by atoms with E-state index in [0.717, 1.165) is 29.6 Å². The van der Waals surface area contributed by atoms with Gasteiger partial charge in [-0.25, -0.2) is 4.39 Å². The average Bonchev–Trinajstić information content (AvgIpc) is 3.23. The molecule has 0 saturated carbocycles. The summed E-state index contributed by atoms with van der Waals surface area (Å²) in [6.07, 6.45) is 2.52. The lowest BCUT2D eigenvalue weighted by Crippen LogP contribution is -2.42. The van der Waals surface area contributed by atoms with Crippen molar-refractivity contribution in [2.75, 3.05) is 29.6 Å². The Morgan fingerprint density at radius 1 is 1.26 bits per heavy atom. The molecule has 0 bridgehead atoms. The molecule has 0 aliphatic carbocycles. The van der Waals surface area contributed by atoms with Crippen LogP contribution in [-0.4, -0.2) is 39.9 Å². The maximum absolute atomic E-state index is 13.7. The molecule has 0 fully saturated rings. The van der Waals surface area contributed by atoms with Crippen LogP contribution < -0.4 is 20.7 Å². The summed E-state index contributed by atoms with van der Waals surface area (Å²) in [5.74, 6) is 1.06. The van der Waals surface area contributed by atoms with Gasteiger partial charge in [-0.05, 0) is 24.1 Å². The van der Waals surface area contributed by atoms with Crippen LogP contribution in [0.4, 0.5) is 21.8 Å². The van der Waals surface area contributed by atoms with Gasteiger partial charge in [0.2, 0.25) is 5.95 Å². The molecule has 2 aromatic heterocycles. The van der Waals surface area contributed by atoms with Gasteiger partial charge in [-0.1, -0.05) is 24.3 Å². The first kappa shape index (κ1) is 19.1. The number of ether oxygens (including phenoxy) is 1. The van der Waals surface area contributed by atoms with Gasteiger partial charge >= 0.3 is 0 Å². The molecule has 31 heavy (non-hydrogen) atoms. The first-order chi connectivity index (χ1) is 15.1. The van der Waals surface area contributed by atoms with Crippen molar-refractivity contribution in [3.8, 4) is 5.75 Å². The molecule has 3 heterocycles. The lowest BCUT2D eigenvalue weighted by Gasteiger charge is -2.37. The van der Waals surface area contributed by atoms with Crippen molar-refractivity contribution in [2.24, 2.45) is 0 Å². The normalized spacial score (nSPS) is 15.7. The summed E-state index contributed by atoms with van der Waals surface area (Å²) in [5.41, 5.74) is 9.77. The van der Waals surface area contributed by atoms with Crippen LogP contribution in [-0.2, 0) is 13.0 Å². The predicted octanol–water partition coefficient (Wildman–Crippen LogP) is 3.13. The molecule has 4 aromatic rings. The quantitative estimate of drug-likeness (QED) is 0.456. The standard InChI is InChI=1S/C22H22FN7O/c1-31-19-9-15(23)7-6-14(19)11-30-12-16(8-13-4-2-3-5-18(13)30)26-20-17-10-25-29-21(17)28-22(24)27-20/h2-7,9-10,16H,8,11-12H2,1H3,(H4,24,25,26,27,28,29). The van der Waals surface area contributed by atoms with Gasteiger partial charge in [0.25, 0.3) is 0 Å². The summed E-state index contributed by atoms with van der Waals surface area (Å²) < 4.78 is 19.1. The van der Waals surface area contributed by atoms with Gasteiger partial charge in [-0.15, -0.1) is 0 Å². The zero-order valence-electron chi connectivity index (χ0n) is 17.0. The molecular weight excluding hydrogens is 397 g/mol. The number of benzene rings is 2. The number of hydrogen-bond donors (Lipinski definition) is 3. The van der Waals surface area contributed by atoms with Crippen LogP contribution in [0, 0.1) is 5.82 Å². The Morgan fingerprint density at radius 2 is 2.13 bits per heavy atom. The van der Waals surface area contributed by atoms with E-state index >= 15 is 0 Å². The number of fused-ring (bicyclic) bond motifs is 2. The van der Waals surface area contributed by atoms with Crippen LogP contribution in [0.15, 0.2) is 48.7 Å². The number of H-pyrrole nitrogens is 1. The number of nitrogens with two attached hydrogens (primary N) is 1. The Bertz CT molecular complexity index is 1240. The SMILES string of the molecule is COc1cc(F)ccc1CN1CC(Nc2nc(N)nc3[nH]ncc23)Cc2ccccc21. The smallest absolute Gasteiger partial charge is 0.224 e. The van der Waals surface area contributed by atoms with Gasteiger partial charge in [0.15, 0.2) is 5.65 Å².